The molecule has 2 heterocycles. The van der Waals surface area contributed by atoms with Gasteiger partial charge in [-0.1, -0.05) is 0 Å². The Morgan fingerprint density at radius 1 is 1.43 bits per heavy atom. The molecular formula is C13H19N5O2S. The molecular weight excluding hydrogens is 290 g/mol. The van der Waals surface area contributed by atoms with Crippen molar-refractivity contribution in [3.8, 4) is 0 Å². The quantitative estimate of drug-likeness (QED) is 0.432. The standard InChI is InChI=1S/C13H19N5O2S/c1-2-20-7-13-16-11(5-12(17-13)18-14)15-6-10(19)9-3-4-21-8-9/h3-5,8,10,19H,2,6-7,14H2,1H3,(H2,15,16,17,18). The zero-order valence-corrected chi connectivity index (χ0v) is 12.6. The van der Waals surface area contributed by atoms with Crippen molar-refractivity contribution in [3.05, 3.63) is 34.3 Å². The molecule has 0 amide bonds. The molecule has 7 nitrogen and oxygen atoms in total. The lowest BCUT2D eigenvalue weighted by molar-refractivity contribution is 0.128. The largest absolute Gasteiger partial charge is 0.387 e. The van der Waals surface area contributed by atoms with Crippen LogP contribution in [0.5, 0.6) is 0 Å². The molecule has 0 radical (unpaired) electrons. The van der Waals surface area contributed by atoms with Crippen molar-refractivity contribution in [2.24, 2.45) is 5.84 Å². The van der Waals surface area contributed by atoms with Gasteiger partial charge < -0.3 is 20.6 Å². The summed E-state index contributed by atoms with van der Waals surface area (Å²) in [6.07, 6.45) is -0.587. The summed E-state index contributed by atoms with van der Waals surface area (Å²) in [5.41, 5.74) is 3.37. The molecule has 0 aliphatic heterocycles. The molecule has 0 saturated heterocycles. The van der Waals surface area contributed by atoms with Crippen molar-refractivity contribution in [1.29, 1.82) is 0 Å². The summed E-state index contributed by atoms with van der Waals surface area (Å²) < 4.78 is 5.29. The summed E-state index contributed by atoms with van der Waals surface area (Å²) in [6, 6.07) is 3.57. The number of hydrogen-bond donors (Lipinski definition) is 4. The van der Waals surface area contributed by atoms with E-state index in [9.17, 15) is 5.11 Å². The van der Waals surface area contributed by atoms with Crippen LogP contribution in [0.15, 0.2) is 22.9 Å². The Labute approximate surface area is 127 Å². The average molecular weight is 309 g/mol. The van der Waals surface area contributed by atoms with Crippen molar-refractivity contribution < 1.29 is 9.84 Å². The highest BCUT2D eigenvalue weighted by Crippen LogP contribution is 2.17. The second-order valence-corrected chi connectivity index (χ2v) is 5.07. The molecule has 2 rings (SSSR count). The molecule has 0 saturated carbocycles. The molecule has 21 heavy (non-hydrogen) atoms. The van der Waals surface area contributed by atoms with Gasteiger partial charge in [0, 0.05) is 19.2 Å². The van der Waals surface area contributed by atoms with Crippen LogP contribution in [-0.4, -0.2) is 28.2 Å². The van der Waals surface area contributed by atoms with E-state index in [0.717, 1.165) is 5.56 Å². The molecule has 0 aliphatic carbocycles. The Bertz CT molecular complexity index is 549. The van der Waals surface area contributed by atoms with E-state index in [-0.39, 0.29) is 0 Å². The van der Waals surface area contributed by atoms with Crippen molar-refractivity contribution >= 4 is 23.0 Å². The van der Waals surface area contributed by atoms with E-state index in [1.165, 1.54) is 0 Å². The molecule has 2 aromatic heterocycles. The minimum atomic E-state index is -0.587. The number of hydrazine groups is 1. The molecule has 0 bridgehead atoms. The number of rotatable bonds is 8. The molecule has 0 aliphatic rings. The third kappa shape index (κ3) is 4.64. The fraction of sp³-hybridized carbons (Fsp3) is 0.385. The highest BCUT2D eigenvalue weighted by Gasteiger charge is 2.09. The molecule has 2 aromatic rings. The summed E-state index contributed by atoms with van der Waals surface area (Å²) in [4.78, 5) is 8.51. The SMILES string of the molecule is CCOCc1nc(NN)cc(NCC(O)c2ccsc2)n1. The van der Waals surface area contributed by atoms with E-state index < -0.39 is 6.10 Å². The zero-order chi connectivity index (χ0) is 15.1. The summed E-state index contributed by atoms with van der Waals surface area (Å²) in [5, 5.41) is 17.0. The number of thiophene rings is 1. The number of hydrogen-bond acceptors (Lipinski definition) is 8. The van der Waals surface area contributed by atoms with Crippen molar-refractivity contribution in [3.63, 3.8) is 0 Å². The van der Waals surface area contributed by atoms with Crippen LogP contribution in [0.2, 0.25) is 0 Å². The number of ether oxygens (including phenoxy) is 1. The van der Waals surface area contributed by atoms with E-state index in [4.69, 9.17) is 10.6 Å². The Kier molecular flexibility index (Phi) is 5.88. The number of aliphatic hydroxyl groups is 1. The van der Waals surface area contributed by atoms with Gasteiger partial charge >= 0.3 is 0 Å². The first-order valence-corrected chi connectivity index (χ1v) is 7.53. The van der Waals surface area contributed by atoms with Crippen LogP contribution >= 0.6 is 11.3 Å². The molecule has 0 spiro atoms. The predicted molar refractivity (Wildman–Crippen MR) is 82.9 cm³/mol. The highest BCUT2D eigenvalue weighted by molar-refractivity contribution is 7.07. The monoisotopic (exact) mass is 309 g/mol. The lowest BCUT2D eigenvalue weighted by Gasteiger charge is -2.13. The number of nitrogen functional groups attached to an aromatic ring is 1. The van der Waals surface area contributed by atoms with Gasteiger partial charge in [-0.15, -0.1) is 0 Å². The van der Waals surface area contributed by atoms with Gasteiger partial charge in [0.1, 0.15) is 18.2 Å². The van der Waals surface area contributed by atoms with Crippen LogP contribution in [0.4, 0.5) is 11.6 Å². The summed E-state index contributed by atoms with van der Waals surface area (Å²) in [5.74, 6) is 7.00. The Morgan fingerprint density at radius 3 is 2.90 bits per heavy atom. The lowest BCUT2D eigenvalue weighted by atomic mass is 10.2. The fourth-order valence-corrected chi connectivity index (χ4v) is 2.41. The van der Waals surface area contributed by atoms with Gasteiger partial charge in [-0.2, -0.15) is 11.3 Å². The highest BCUT2D eigenvalue weighted by atomic mass is 32.1. The molecule has 114 valence electrons. The predicted octanol–water partition coefficient (Wildman–Crippen LogP) is 1.51. The van der Waals surface area contributed by atoms with Gasteiger partial charge in [-0.3, -0.25) is 0 Å². The van der Waals surface area contributed by atoms with Gasteiger partial charge in [0.05, 0.1) is 6.10 Å². The minimum Gasteiger partial charge on any atom is -0.387 e. The maximum absolute atomic E-state index is 10.0. The molecule has 8 heteroatoms. The maximum Gasteiger partial charge on any atom is 0.158 e. The van der Waals surface area contributed by atoms with Crippen LogP contribution in [0.25, 0.3) is 0 Å². The number of nitrogens with one attached hydrogen (secondary N) is 2. The third-order valence-corrected chi connectivity index (χ3v) is 3.46. The van der Waals surface area contributed by atoms with Gasteiger partial charge in [0.2, 0.25) is 0 Å². The average Bonchev–Trinajstić information content (AvgIpc) is 3.04. The summed E-state index contributed by atoms with van der Waals surface area (Å²) in [6.45, 7) is 3.16. The number of nitrogens with two attached hydrogens (primary N) is 1. The van der Waals surface area contributed by atoms with Crippen LogP contribution in [-0.2, 0) is 11.3 Å². The molecule has 1 atom stereocenters. The van der Waals surface area contributed by atoms with E-state index in [0.29, 0.717) is 37.2 Å². The molecule has 0 aromatic carbocycles. The Balaban J connectivity index is 2.01. The first-order chi connectivity index (χ1) is 10.2. The normalized spacial score (nSPS) is 12.1. The zero-order valence-electron chi connectivity index (χ0n) is 11.7. The minimum absolute atomic E-state index is 0.313. The van der Waals surface area contributed by atoms with Crippen molar-refractivity contribution in [2.45, 2.75) is 19.6 Å². The number of anilines is 2. The summed E-state index contributed by atoms with van der Waals surface area (Å²) in [7, 11) is 0. The van der Waals surface area contributed by atoms with E-state index in [2.05, 4.69) is 20.7 Å². The van der Waals surface area contributed by atoms with Crippen LogP contribution in [0, 0.1) is 0 Å². The van der Waals surface area contributed by atoms with Crippen LogP contribution < -0.4 is 16.6 Å². The first kappa shape index (κ1) is 15.6. The van der Waals surface area contributed by atoms with Gasteiger partial charge in [-0.25, -0.2) is 15.8 Å². The van der Waals surface area contributed by atoms with Gasteiger partial charge in [0.25, 0.3) is 0 Å². The van der Waals surface area contributed by atoms with Crippen LogP contribution in [0.3, 0.4) is 0 Å². The van der Waals surface area contributed by atoms with E-state index in [1.807, 2.05) is 23.8 Å². The topological polar surface area (TPSA) is 105 Å². The second kappa shape index (κ2) is 7.89. The number of aliphatic hydroxyl groups excluding tert-OH is 1. The Hall–Kier alpha value is -1.74. The number of aromatic nitrogens is 2. The third-order valence-electron chi connectivity index (χ3n) is 2.76. The molecule has 1 unspecified atom stereocenters. The molecule has 5 N–H and O–H groups in total. The van der Waals surface area contributed by atoms with Crippen molar-refractivity contribution in [2.75, 3.05) is 23.9 Å². The van der Waals surface area contributed by atoms with Crippen molar-refractivity contribution in [1.82, 2.24) is 9.97 Å². The van der Waals surface area contributed by atoms with E-state index >= 15 is 0 Å². The molecule has 0 fully saturated rings. The van der Waals surface area contributed by atoms with Gasteiger partial charge in [0.15, 0.2) is 5.82 Å². The smallest absolute Gasteiger partial charge is 0.158 e. The second-order valence-electron chi connectivity index (χ2n) is 4.29. The first-order valence-electron chi connectivity index (χ1n) is 6.59. The van der Waals surface area contributed by atoms with Crippen LogP contribution in [0.1, 0.15) is 24.4 Å². The maximum atomic E-state index is 10.0. The lowest BCUT2D eigenvalue weighted by Crippen LogP contribution is -2.16. The number of nitrogens with zero attached hydrogens (tertiary/aromatic N) is 2. The Morgan fingerprint density at radius 2 is 2.24 bits per heavy atom. The fourth-order valence-electron chi connectivity index (χ4n) is 1.70. The van der Waals surface area contributed by atoms with E-state index in [1.54, 1.807) is 17.4 Å². The summed E-state index contributed by atoms with van der Waals surface area (Å²) >= 11 is 1.55. The van der Waals surface area contributed by atoms with Gasteiger partial charge in [-0.05, 0) is 29.3 Å².